The van der Waals surface area contributed by atoms with Crippen LogP contribution in [0.1, 0.15) is 16.1 Å². The molecule has 0 unspecified atom stereocenters. The average molecular weight is 363 g/mol. The second-order valence-corrected chi connectivity index (χ2v) is 5.59. The first-order chi connectivity index (χ1) is 11.6. The first-order valence-corrected chi connectivity index (χ1v) is 7.73. The first kappa shape index (κ1) is 16.3. The Hall–Kier alpha value is -2.57. The third kappa shape index (κ3) is 3.84. The van der Waals surface area contributed by atoms with Crippen LogP contribution in [0, 0.1) is 0 Å². The summed E-state index contributed by atoms with van der Waals surface area (Å²) in [5.41, 5.74) is 0.841. The van der Waals surface area contributed by atoms with Gasteiger partial charge in [0.05, 0.1) is 34.1 Å². The number of nitrogens with zero attached hydrogens (tertiary/aromatic N) is 2. The molecule has 0 saturated carbocycles. The Labute approximate surface area is 147 Å². The number of nitrogens with one attached hydrogen (secondary N) is 2. The van der Waals surface area contributed by atoms with E-state index in [1.165, 1.54) is 12.4 Å². The van der Waals surface area contributed by atoms with Crippen LogP contribution >= 0.6 is 23.2 Å². The van der Waals surface area contributed by atoms with Crippen LogP contribution in [0.2, 0.25) is 10.0 Å². The molecule has 0 aliphatic carbocycles. The number of halogens is 2. The van der Waals surface area contributed by atoms with Crippen LogP contribution < -0.4 is 10.6 Å². The van der Waals surface area contributed by atoms with E-state index in [-0.39, 0.29) is 11.9 Å². The van der Waals surface area contributed by atoms with Crippen molar-refractivity contribution in [3.05, 3.63) is 70.4 Å². The predicted molar refractivity (Wildman–Crippen MR) is 91.7 cm³/mol. The van der Waals surface area contributed by atoms with Gasteiger partial charge < -0.3 is 15.1 Å². The molecule has 0 aliphatic heterocycles. The Kier molecular flexibility index (Phi) is 4.98. The average Bonchev–Trinajstić information content (AvgIpc) is 3.10. The molecule has 122 valence electrons. The zero-order valence-corrected chi connectivity index (χ0v) is 13.8. The van der Waals surface area contributed by atoms with Crippen molar-refractivity contribution < 1.29 is 9.21 Å². The molecule has 2 heterocycles. The summed E-state index contributed by atoms with van der Waals surface area (Å²) >= 11 is 12.2. The molecule has 6 nitrogen and oxygen atoms in total. The van der Waals surface area contributed by atoms with Crippen molar-refractivity contribution in [1.82, 2.24) is 15.3 Å². The van der Waals surface area contributed by atoms with Gasteiger partial charge in [0, 0.05) is 12.4 Å². The highest BCUT2D eigenvalue weighted by Gasteiger charge is 2.10. The maximum atomic E-state index is 12.0. The van der Waals surface area contributed by atoms with E-state index >= 15 is 0 Å². The maximum Gasteiger partial charge on any atom is 0.254 e. The number of para-hydroxylation sites is 1. The maximum absolute atomic E-state index is 12.0. The summed E-state index contributed by atoms with van der Waals surface area (Å²) in [6.07, 6.45) is 4.38. The molecular weight excluding hydrogens is 351 g/mol. The molecule has 0 aliphatic rings. The van der Waals surface area contributed by atoms with Crippen molar-refractivity contribution in [2.24, 2.45) is 0 Å². The molecule has 8 heteroatoms. The summed E-state index contributed by atoms with van der Waals surface area (Å²) in [4.78, 5) is 20.2. The Morgan fingerprint density at radius 1 is 1.08 bits per heavy atom. The topological polar surface area (TPSA) is 80.0 Å². The summed E-state index contributed by atoms with van der Waals surface area (Å²) in [7, 11) is 0. The Morgan fingerprint density at radius 2 is 1.79 bits per heavy atom. The minimum atomic E-state index is -0.297. The number of aromatic nitrogens is 2. The van der Waals surface area contributed by atoms with Crippen LogP contribution in [0.15, 0.2) is 53.4 Å². The number of hydrogen-bond donors (Lipinski definition) is 2. The minimum absolute atomic E-state index is 0.285. The van der Waals surface area contributed by atoms with Crippen molar-refractivity contribution in [2.45, 2.75) is 6.54 Å². The predicted octanol–water partition coefficient (Wildman–Crippen LogP) is 4.05. The van der Waals surface area contributed by atoms with E-state index in [9.17, 15) is 4.79 Å². The van der Waals surface area contributed by atoms with Crippen LogP contribution in [-0.4, -0.2) is 15.9 Å². The van der Waals surface area contributed by atoms with Crippen molar-refractivity contribution in [3.8, 4) is 0 Å². The van der Waals surface area contributed by atoms with Gasteiger partial charge in [-0.05, 0) is 24.3 Å². The van der Waals surface area contributed by atoms with Gasteiger partial charge in [-0.1, -0.05) is 29.3 Å². The largest absolute Gasteiger partial charge is 0.467 e. The lowest BCUT2D eigenvalue weighted by molar-refractivity contribution is 0.0947. The molecule has 2 aromatic heterocycles. The lowest BCUT2D eigenvalue weighted by atomic mass is 10.3. The number of carbonyl (C=O) groups is 1. The second-order valence-electron chi connectivity index (χ2n) is 4.78. The normalized spacial score (nSPS) is 10.4. The third-order valence-corrected chi connectivity index (χ3v) is 3.75. The Morgan fingerprint density at radius 3 is 2.42 bits per heavy atom. The first-order valence-electron chi connectivity index (χ1n) is 6.97. The van der Waals surface area contributed by atoms with Gasteiger partial charge >= 0.3 is 0 Å². The van der Waals surface area contributed by atoms with Crippen LogP contribution in [0.3, 0.4) is 0 Å². The molecule has 0 bridgehead atoms. The minimum Gasteiger partial charge on any atom is -0.467 e. The molecular formula is C16H12Cl2N4O2. The molecule has 1 amide bonds. The van der Waals surface area contributed by atoms with E-state index in [4.69, 9.17) is 27.6 Å². The number of benzene rings is 1. The number of rotatable bonds is 5. The molecule has 0 saturated heterocycles. The van der Waals surface area contributed by atoms with Gasteiger partial charge in [0.25, 0.3) is 5.91 Å². The number of carbonyl (C=O) groups excluding carboxylic acids is 1. The molecule has 0 radical (unpaired) electrons. The number of furan rings is 1. The lowest BCUT2D eigenvalue weighted by Gasteiger charge is -2.09. The Bertz CT molecular complexity index is 816. The van der Waals surface area contributed by atoms with Crippen LogP contribution in [0.4, 0.5) is 11.6 Å². The van der Waals surface area contributed by atoms with Gasteiger partial charge in [-0.3, -0.25) is 4.79 Å². The lowest BCUT2D eigenvalue weighted by Crippen LogP contribution is -2.23. The molecule has 0 fully saturated rings. The SMILES string of the molecule is O=C(NCc1ccco1)c1cnc(Nc2c(Cl)cccc2Cl)nc1. The van der Waals surface area contributed by atoms with Gasteiger partial charge in [-0.15, -0.1) is 0 Å². The number of anilines is 2. The Balaban J connectivity index is 1.65. The van der Waals surface area contributed by atoms with Crippen molar-refractivity contribution >= 4 is 40.7 Å². The van der Waals surface area contributed by atoms with Gasteiger partial charge in [-0.2, -0.15) is 0 Å². The van der Waals surface area contributed by atoms with E-state index in [0.717, 1.165) is 0 Å². The summed E-state index contributed by atoms with van der Waals surface area (Å²) in [6.45, 7) is 0.293. The monoisotopic (exact) mass is 362 g/mol. The fourth-order valence-corrected chi connectivity index (χ4v) is 2.41. The van der Waals surface area contributed by atoms with E-state index in [0.29, 0.717) is 33.6 Å². The molecule has 3 aromatic rings. The number of hydrogen-bond acceptors (Lipinski definition) is 5. The quantitative estimate of drug-likeness (QED) is 0.715. The van der Waals surface area contributed by atoms with Crippen molar-refractivity contribution in [2.75, 3.05) is 5.32 Å². The van der Waals surface area contributed by atoms with E-state index < -0.39 is 0 Å². The summed E-state index contributed by atoms with van der Waals surface area (Å²) in [5, 5.41) is 6.54. The van der Waals surface area contributed by atoms with Crippen LogP contribution in [-0.2, 0) is 6.54 Å². The van der Waals surface area contributed by atoms with E-state index in [1.54, 1.807) is 36.6 Å². The molecule has 2 N–H and O–H groups in total. The van der Waals surface area contributed by atoms with Crippen molar-refractivity contribution in [1.29, 1.82) is 0 Å². The molecule has 1 aromatic carbocycles. The summed E-state index contributed by atoms with van der Waals surface area (Å²) < 4.78 is 5.15. The molecule has 3 rings (SSSR count). The van der Waals surface area contributed by atoms with Gasteiger partial charge in [0.15, 0.2) is 0 Å². The standard InChI is InChI=1S/C16H12Cl2N4O2/c17-12-4-1-5-13(18)14(12)22-16-20-7-10(8-21-16)15(23)19-9-11-3-2-6-24-11/h1-8H,9H2,(H,19,23)(H,20,21,22). The highest BCUT2D eigenvalue weighted by Crippen LogP contribution is 2.31. The van der Waals surface area contributed by atoms with E-state index in [2.05, 4.69) is 20.6 Å². The van der Waals surface area contributed by atoms with Crippen molar-refractivity contribution in [3.63, 3.8) is 0 Å². The smallest absolute Gasteiger partial charge is 0.254 e. The highest BCUT2D eigenvalue weighted by atomic mass is 35.5. The fourth-order valence-electron chi connectivity index (χ4n) is 1.92. The van der Waals surface area contributed by atoms with Gasteiger partial charge in [-0.25, -0.2) is 9.97 Å². The molecule has 0 spiro atoms. The van der Waals surface area contributed by atoms with Crippen LogP contribution in [0.5, 0.6) is 0 Å². The fraction of sp³-hybridized carbons (Fsp3) is 0.0625. The van der Waals surface area contributed by atoms with E-state index in [1.807, 2.05) is 0 Å². The number of amides is 1. The zero-order chi connectivity index (χ0) is 16.9. The third-order valence-electron chi connectivity index (χ3n) is 3.12. The van der Waals surface area contributed by atoms with Gasteiger partial charge in [0.2, 0.25) is 5.95 Å². The van der Waals surface area contributed by atoms with Crippen LogP contribution in [0.25, 0.3) is 0 Å². The zero-order valence-electron chi connectivity index (χ0n) is 12.3. The highest BCUT2D eigenvalue weighted by molar-refractivity contribution is 6.39. The second kappa shape index (κ2) is 7.33. The summed E-state index contributed by atoms with van der Waals surface area (Å²) in [6, 6.07) is 8.67. The molecule has 24 heavy (non-hydrogen) atoms. The van der Waals surface area contributed by atoms with Gasteiger partial charge in [0.1, 0.15) is 5.76 Å². The molecule has 0 atom stereocenters. The summed E-state index contributed by atoms with van der Waals surface area (Å²) in [5.74, 6) is 0.650.